The van der Waals surface area contributed by atoms with Crippen LogP contribution in [0.3, 0.4) is 0 Å². The van der Waals surface area contributed by atoms with Crippen LogP contribution in [0, 0.1) is 11.8 Å². The molecule has 3 heteroatoms. The maximum Gasteiger partial charge on any atom is 0.0704 e. The van der Waals surface area contributed by atoms with Crippen LogP contribution in [0.15, 0.2) is 0 Å². The van der Waals surface area contributed by atoms with Gasteiger partial charge in [-0.05, 0) is 45.1 Å². The summed E-state index contributed by atoms with van der Waals surface area (Å²) in [4.78, 5) is 0. The van der Waals surface area contributed by atoms with E-state index in [-0.39, 0.29) is 0 Å². The van der Waals surface area contributed by atoms with Crippen LogP contribution < -0.4 is 5.73 Å². The molecule has 96 valence electrons. The van der Waals surface area contributed by atoms with Gasteiger partial charge in [0.15, 0.2) is 0 Å². The average Bonchev–Trinajstić information content (AvgIpc) is 2.24. The highest BCUT2D eigenvalue weighted by atomic mass is 16.5. The highest BCUT2D eigenvalue weighted by Crippen LogP contribution is 2.30. The van der Waals surface area contributed by atoms with Crippen LogP contribution >= 0.6 is 0 Å². The zero-order valence-electron chi connectivity index (χ0n) is 10.9. The van der Waals surface area contributed by atoms with Crippen molar-refractivity contribution in [2.45, 2.75) is 52.2 Å². The fraction of sp³-hybridized carbons (Fsp3) is 1.00. The fourth-order valence-electron chi connectivity index (χ4n) is 2.35. The van der Waals surface area contributed by atoms with Gasteiger partial charge in [-0.1, -0.05) is 13.3 Å². The molecule has 1 aliphatic carbocycles. The average molecular weight is 229 g/mol. The Kier molecular flexibility index (Phi) is 6.32. The summed E-state index contributed by atoms with van der Waals surface area (Å²) in [7, 11) is 0. The maximum atomic E-state index is 5.90. The molecule has 1 rings (SSSR count). The lowest BCUT2D eigenvalue weighted by atomic mass is 9.80. The number of hydrogen-bond donors (Lipinski definition) is 1. The Hall–Kier alpha value is -0.120. The molecule has 1 saturated carbocycles. The lowest BCUT2D eigenvalue weighted by Crippen LogP contribution is -2.36. The van der Waals surface area contributed by atoms with Crippen molar-refractivity contribution in [2.24, 2.45) is 17.6 Å². The third-order valence-corrected chi connectivity index (χ3v) is 3.36. The first-order chi connectivity index (χ1) is 7.63. The third-order valence-electron chi connectivity index (χ3n) is 3.36. The normalized spacial score (nSPS) is 30.9. The summed E-state index contributed by atoms with van der Waals surface area (Å²) in [6, 6.07) is 0. The van der Waals surface area contributed by atoms with Gasteiger partial charge < -0.3 is 15.2 Å². The van der Waals surface area contributed by atoms with E-state index in [0.29, 0.717) is 31.3 Å². The molecule has 1 fully saturated rings. The molecule has 0 aromatic carbocycles. The number of ether oxygens (including phenoxy) is 2. The molecule has 3 unspecified atom stereocenters. The molecule has 0 aromatic rings. The van der Waals surface area contributed by atoms with Crippen molar-refractivity contribution in [3.8, 4) is 0 Å². The number of hydrogen-bond acceptors (Lipinski definition) is 3. The molecule has 0 amide bonds. The summed E-state index contributed by atoms with van der Waals surface area (Å²) in [5.41, 5.74) is 5.78. The first-order valence-electron chi connectivity index (χ1n) is 6.56. The maximum absolute atomic E-state index is 5.90. The minimum atomic E-state index is 0.291. The van der Waals surface area contributed by atoms with Gasteiger partial charge in [0.1, 0.15) is 0 Å². The molecular formula is C13H27NO2. The van der Waals surface area contributed by atoms with Gasteiger partial charge in [0.25, 0.3) is 0 Å². The van der Waals surface area contributed by atoms with Crippen molar-refractivity contribution in [3.05, 3.63) is 0 Å². The molecule has 0 bridgehead atoms. The lowest BCUT2D eigenvalue weighted by molar-refractivity contribution is -0.0530. The van der Waals surface area contributed by atoms with Crippen LogP contribution in [-0.2, 0) is 9.47 Å². The summed E-state index contributed by atoms with van der Waals surface area (Å²) in [5.74, 6) is 1.33. The third kappa shape index (κ3) is 4.81. The summed E-state index contributed by atoms with van der Waals surface area (Å²) < 4.78 is 11.4. The van der Waals surface area contributed by atoms with Gasteiger partial charge in [0, 0.05) is 0 Å². The largest absolute Gasteiger partial charge is 0.376 e. The van der Waals surface area contributed by atoms with Crippen LogP contribution in [-0.4, -0.2) is 32.0 Å². The molecule has 16 heavy (non-hydrogen) atoms. The standard InChI is InChI=1S/C13H27NO2/c1-10(2)15-6-7-16-13-8-11(3)4-5-12(13)9-14/h10-13H,4-9,14H2,1-3H3. The molecule has 0 aliphatic heterocycles. The van der Waals surface area contributed by atoms with E-state index >= 15 is 0 Å². The Morgan fingerprint density at radius 2 is 2.00 bits per heavy atom. The first-order valence-corrected chi connectivity index (χ1v) is 6.56. The Labute approximate surface area is 99.7 Å². The predicted molar refractivity (Wildman–Crippen MR) is 66.4 cm³/mol. The Bertz CT molecular complexity index is 185. The van der Waals surface area contributed by atoms with E-state index in [0.717, 1.165) is 18.9 Å². The van der Waals surface area contributed by atoms with Crippen LogP contribution in [0.2, 0.25) is 0 Å². The van der Waals surface area contributed by atoms with E-state index in [1.54, 1.807) is 0 Å². The lowest BCUT2D eigenvalue weighted by Gasteiger charge is -2.34. The SMILES string of the molecule is CC1CCC(CN)C(OCCOC(C)C)C1. The van der Waals surface area contributed by atoms with Crippen molar-refractivity contribution in [1.29, 1.82) is 0 Å². The molecule has 0 aromatic heterocycles. The molecule has 1 aliphatic rings. The number of rotatable bonds is 6. The summed E-state index contributed by atoms with van der Waals surface area (Å²) in [6.45, 7) is 8.54. The zero-order chi connectivity index (χ0) is 12.0. The quantitative estimate of drug-likeness (QED) is 0.710. The van der Waals surface area contributed by atoms with E-state index in [1.807, 2.05) is 13.8 Å². The number of nitrogens with two attached hydrogens (primary N) is 1. The van der Waals surface area contributed by atoms with E-state index in [1.165, 1.54) is 12.8 Å². The molecule has 2 N–H and O–H groups in total. The van der Waals surface area contributed by atoms with E-state index in [9.17, 15) is 0 Å². The minimum Gasteiger partial charge on any atom is -0.376 e. The Morgan fingerprint density at radius 1 is 1.25 bits per heavy atom. The van der Waals surface area contributed by atoms with Crippen LogP contribution in [0.1, 0.15) is 40.0 Å². The van der Waals surface area contributed by atoms with Gasteiger partial charge in [-0.3, -0.25) is 0 Å². The monoisotopic (exact) mass is 229 g/mol. The van der Waals surface area contributed by atoms with Crippen molar-refractivity contribution in [3.63, 3.8) is 0 Å². The second-order valence-corrected chi connectivity index (χ2v) is 5.24. The van der Waals surface area contributed by atoms with Crippen LogP contribution in [0.4, 0.5) is 0 Å². The molecule has 3 atom stereocenters. The first kappa shape index (κ1) is 13.9. The summed E-state index contributed by atoms with van der Waals surface area (Å²) in [6.07, 6.45) is 4.31. The van der Waals surface area contributed by atoms with Gasteiger partial charge in [-0.25, -0.2) is 0 Å². The molecule has 0 spiro atoms. The minimum absolute atomic E-state index is 0.291. The molecule has 0 saturated heterocycles. The van der Waals surface area contributed by atoms with Crippen molar-refractivity contribution >= 4 is 0 Å². The van der Waals surface area contributed by atoms with Crippen molar-refractivity contribution < 1.29 is 9.47 Å². The topological polar surface area (TPSA) is 44.5 Å². The smallest absolute Gasteiger partial charge is 0.0704 e. The van der Waals surface area contributed by atoms with E-state index in [4.69, 9.17) is 15.2 Å². The van der Waals surface area contributed by atoms with Crippen LogP contribution in [0.25, 0.3) is 0 Å². The van der Waals surface area contributed by atoms with Crippen molar-refractivity contribution in [1.82, 2.24) is 0 Å². The van der Waals surface area contributed by atoms with Crippen LogP contribution in [0.5, 0.6) is 0 Å². The van der Waals surface area contributed by atoms with Gasteiger partial charge >= 0.3 is 0 Å². The van der Waals surface area contributed by atoms with E-state index in [2.05, 4.69) is 6.92 Å². The fourth-order valence-corrected chi connectivity index (χ4v) is 2.35. The molecule has 0 heterocycles. The van der Waals surface area contributed by atoms with Gasteiger partial charge in [0.05, 0.1) is 25.4 Å². The molecular weight excluding hydrogens is 202 g/mol. The van der Waals surface area contributed by atoms with Gasteiger partial charge in [0.2, 0.25) is 0 Å². The Balaban J connectivity index is 2.21. The Morgan fingerprint density at radius 3 is 2.62 bits per heavy atom. The summed E-state index contributed by atoms with van der Waals surface area (Å²) >= 11 is 0. The van der Waals surface area contributed by atoms with Gasteiger partial charge in [-0.2, -0.15) is 0 Å². The molecule has 0 radical (unpaired) electrons. The summed E-state index contributed by atoms with van der Waals surface area (Å²) in [5, 5.41) is 0. The highest BCUT2D eigenvalue weighted by molar-refractivity contribution is 4.79. The second-order valence-electron chi connectivity index (χ2n) is 5.24. The van der Waals surface area contributed by atoms with Gasteiger partial charge in [-0.15, -0.1) is 0 Å². The predicted octanol–water partition coefficient (Wildman–Crippen LogP) is 2.19. The highest BCUT2D eigenvalue weighted by Gasteiger charge is 2.28. The molecule has 3 nitrogen and oxygen atoms in total. The van der Waals surface area contributed by atoms with Crippen molar-refractivity contribution in [2.75, 3.05) is 19.8 Å². The zero-order valence-corrected chi connectivity index (χ0v) is 10.9. The van der Waals surface area contributed by atoms with E-state index < -0.39 is 0 Å². The second kappa shape index (κ2) is 7.25.